The zero-order chi connectivity index (χ0) is 29.9. The Balaban J connectivity index is 1.59. The lowest BCUT2D eigenvalue weighted by molar-refractivity contribution is -0.114. The summed E-state index contributed by atoms with van der Waals surface area (Å²) in [5.74, 6) is -0.00720. The third kappa shape index (κ3) is 6.87. The number of carbonyl (C=O) groups excluding carboxylic acids is 2. The summed E-state index contributed by atoms with van der Waals surface area (Å²) in [5, 5.41) is 3.17. The van der Waals surface area contributed by atoms with Gasteiger partial charge in [0.05, 0.1) is 23.4 Å². The first-order valence-electron chi connectivity index (χ1n) is 12.7. The van der Waals surface area contributed by atoms with E-state index >= 15 is 0 Å². The van der Waals surface area contributed by atoms with E-state index in [1.807, 2.05) is 44.2 Å². The summed E-state index contributed by atoms with van der Waals surface area (Å²) in [4.78, 5) is 32.8. The van der Waals surface area contributed by atoms with Gasteiger partial charge in [-0.05, 0) is 85.5 Å². The van der Waals surface area contributed by atoms with Crippen LogP contribution < -0.4 is 15.0 Å². The van der Waals surface area contributed by atoms with E-state index in [2.05, 4.69) is 10.3 Å². The molecule has 3 aromatic rings. The zero-order valence-corrected chi connectivity index (χ0v) is 25.4. The molecule has 0 aliphatic carbocycles. The van der Waals surface area contributed by atoms with Crippen molar-refractivity contribution in [1.82, 2.24) is 4.31 Å². The molecule has 1 aliphatic rings. The van der Waals surface area contributed by atoms with Crippen LogP contribution in [0.2, 0.25) is 0 Å². The van der Waals surface area contributed by atoms with Crippen LogP contribution in [-0.2, 0) is 19.6 Å². The van der Waals surface area contributed by atoms with E-state index in [1.54, 1.807) is 38.3 Å². The molecule has 4 rings (SSSR count). The average molecular weight is 593 g/mol. The number of hydrogen-bond donors (Lipinski definition) is 1. The Kier molecular flexibility index (Phi) is 9.01. The third-order valence-electron chi connectivity index (χ3n) is 6.31. The number of aliphatic imine (C=N–C) groups is 1. The molecule has 1 heterocycles. The fourth-order valence-electron chi connectivity index (χ4n) is 4.18. The van der Waals surface area contributed by atoms with Crippen molar-refractivity contribution in [3.63, 3.8) is 0 Å². The molecule has 1 aliphatic heterocycles. The fourth-order valence-corrected chi connectivity index (χ4v) is 5.92. The van der Waals surface area contributed by atoms with Gasteiger partial charge in [0.1, 0.15) is 11.4 Å². The van der Waals surface area contributed by atoms with Crippen LogP contribution in [0, 0.1) is 20.8 Å². The molecule has 0 bridgehead atoms. The number of sulfonamides is 1. The number of benzene rings is 3. The van der Waals surface area contributed by atoms with Gasteiger partial charge in [-0.15, -0.1) is 0 Å². The molecular weight excluding hydrogens is 560 g/mol. The maximum Gasteiger partial charge on any atom is 0.283 e. The summed E-state index contributed by atoms with van der Waals surface area (Å²) in [5.41, 5.74) is 4.79. The van der Waals surface area contributed by atoms with Crippen LogP contribution >= 0.6 is 11.8 Å². The summed E-state index contributed by atoms with van der Waals surface area (Å²) in [6.07, 6.45) is 1.70. The quantitative estimate of drug-likeness (QED) is 0.370. The highest BCUT2D eigenvalue weighted by Crippen LogP contribution is 2.31. The van der Waals surface area contributed by atoms with Gasteiger partial charge >= 0.3 is 0 Å². The fraction of sp³-hybridized carbons (Fsp3) is 0.233. The number of aryl methyl sites for hydroxylation is 3. The second-order valence-electron chi connectivity index (χ2n) is 9.78. The first-order chi connectivity index (χ1) is 19.4. The summed E-state index contributed by atoms with van der Waals surface area (Å²) in [6, 6.07) is 17.7. The Morgan fingerprint density at radius 3 is 2.29 bits per heavy atom. The van der Waals surface area contributed by atoms with Crippen LogP contribution in [-0.4, -0.2) is 56.7 Å². The van der Waals surface area contributed by atoms with E-state index in [0.717, 1.165) is 38.3 Å². The van der Waals surface area contributed by atoms with Gasteiger partial charge in [-0.1, -0.05) is 36.0 Å². The molecule has 0 radical (unpaired) electrons. The van der Waals surface area contributed by atoms with E-state index < -0.39 is 10.0 Å². The molecule has 0 saturated heterocycles. The van der Waals surface area contributed by atoms with Gasteiger partial charge in [0.15, 0.2) is 5.17 Å². The number of methoxy groups -OCH3 is 1. The number of hydrogen-bond acceptors (Lipinski definition) is 7. The van der Waals surface area contributed by atoms with Gasteiger partial charge in [0, 0.05) is 19.8 Å². The van der Waals surface area contributed by atoms with Crippen molar-refractivity contribution in [3.05, 3.63) is 88.6 Å². The molecule has 0 unspecified atom stereocenters. The van der Waals surface area contributed by atoms with Crippen LogP contribution in [0.15, 0.2) is 76.2 Å². The van der Waals surface area contributed by atoms with E-state index in [0.29, 0.717) is 22.3 Å². The molecule has 2 amide bonds. The molecule has 0 aromatic heterocycles. The number of carbonyl (C=O) groups is 2. The maximum atomic E-state index is 13.6. The largest absolute Gasteiger partial charge is 0.497 e. The van der Waals surface area contributed by atoms with Crippen molar-refractivity contribution in [3.8, 4) is 5.75 Å². The molecule has 41 heavy (non-hydrogen) atoms. The second-order valence-corrected chi connectivity index (χ2v) is 12.9. The smallest absolute Gasteiger partial charge is 0.283 e. The first kappa shape index (κ1) is 30.0. The Morgan fingerprint density at radius 2 is 1.68 bits per heavy atom. The van der Waals surface area contributed by atoms with Crippen molar-refractivity contribution in [2.75, 3.05) is 37.2 Å². The number of amidine groups is 1. The number of anilines is 2. The lowest BCUT2D eigenvalue weighted by atomic mass is 10.1. The molecule has 0 spiro atoms. The normalized spacial score (nSPS) is 14.5. The van der Waals surface area contributed by atoms with Gasteiger partial charge in [-0.25, -0.2) is 17.7 Å². The molecule has 1 N–H and O–H groups in total. The van der Waals surface area contributed by atoms with Crippen LogP contribution in [0.3, 0.4) is 0 Å². The number of thioether (sulfide) groups is 1. The van der Waals surface area contributed by atoms with Crippen LogP contribution in [0.1, 0.15) is 22.3 Å². The standard InChI is InChI=1S/C30H32N4O5S2/c1-19-13-20(2)15-23(14-19)34-29(36)27(16-22-8-10-24(39-6)11-9-22)32-30(34)40-18-28(35)31-26-17-25(12-7-21(26)3)41(37,38)33(4)5/h7-17H,18H2,1-6H3,(H,31,35)/b27-16+. The van der Waals surface area contributed by atoms with E-state index in [4.69, 9.17) is 4.74 Å². The summed E-state index contributed by atoms with van der Waals surface area (Å²) in [6.45, 7) is 5.69. The predicted molar refractivity (Wildman–Crippen MR) is 165 cm³/mol. The summed E-state index contributed by atoms with van der Waals surface area (Å²) < 4.78 is 31.5. The van der Waals surface area contributed by atoms with Gasteiger partial charge < -0.3 is 10.1 Å². The van der Waals surface area contributed by atoms with E-state index in [1.165, 1.54) is 31.1 Å². The van der Waals surface area contributed by atoms with Crippen molar-refractivity contribution < 1.29 is 22.7 Å². The minimum absolute atomic E-state index is 0.0483. The monoisotopic (exact) mass is 592 g/mol. The van der Waals surface area contributed by atoms with Crippen LogP contribution in [0.5, 0.6) is 5.75 Å². The van der Waals surface area contributed by atoms with Gasteiger partial charge in [-0.3, -0.25) is 14.5 Å². The van der Waals surface area contributed by atoms with Crippen molar-refractivity contribution in [2.45, 2.75) is 25.7 Å². The lowest BCUT2D eigenvalue weighted by Crippen LogP contribution is -2.31. The SMILES string of the molecule is COc1ccc(/C=C2/N=C(SCC(=O)Nc3cc(S(=O)(=O)N(C)C)ccc3C)N(c3cc(C)cc(C)c3)C2=O)cc1. The summed E-state index contributed by atoms with van der Waals surface area (Å²) >= 11 is 1.13. The molecule has 9 nitrogen and oxygen atoms in total. The molecule has 0 fully saturated rings. The highest BCUT2D eigenvalue weighted by molar-refractivity contribution is 8.14. The van der Waals surface area contributed by atoms with Crippen molar-refractivity contribution in [1.29, 1.82) is 0 Å². The van der Waals surface area contributed by atoms with E-state index in [9.17, 15) is 18.0 Å². The molecular formula is C30H32N4O5S2. The number of amides is 2. The Hall–Kier alpha value is -3.93. The second kappa shape index (κ2) is 12.3. The molecule has 214 valence electrons. The van der Waals surface area contributed by atoms with Crippen LogP contribution in [0.25, 0.3) is 6.08 Å². The highest BCUT2D eigenvalue weighted by Gasteiger charge is 2.32. The Bertz CT molecular complexity index is 1640. The number of ether oxygens (including phenoxy) is 1. The topological polar surface area (TPSA) is 108 Å². The Labute approximate surface area is 245 Å². The minimum atomic E-state index is -3.66. The van der Waals surface area contributed by atoms with Gasteiger partial charge in [-0.2, -0.15) is 0 Å². The molecule has 0 saturated carbocycles. The highest BCUT2D eigenvalue weighted by atomic mass is 32.2. The Morgan fingerprint density at radius 1 is 1.02 bits per heavy atom. The van der Waals surface area contributed by atoms with Crippen LogP contribution in [0.4, 0.5) is 11.4 Å². The number of nitrogens with one attached hydrogen (secondary N) is 1. The minimum Gasteiger partial charge on any atom is -0.497 e. The van der Waals surface area contributed by atoms with Crippen molar-refractivity contribution in [2.24, 2.45) is 4.99 Å². The molecule has 0 atom stereocenters. The zero-order valence-electron chi connectivity index (χ0n) is 23.8. The maximum absolute atomic E-state index is 13.6. The number of nitrogens with zero attached hydrogens (tertiary/aromatic N) is 3. The molecule has 3 aromatic carbocycles. The first-order valence-corrected chi connectivity index (χ1v) is 15.1. The average Bonchev–Trinajstić information content (AvgIpc) is 3.23. The predicted octanol–water partition coefficient (Wildman–Crippen LogP) is 4.99. The van der Waals surface area contributed by atoms with E-state index in [-0.39, 0.29) is 28.2 Å². The lowest BCUT2D eigenvalue weighted by Gasteiger charge is -2.19. The third-order valence-corrected chi connectivity index (χ3v) is 9.06. The van der Waals surface area contributed by atoms with Gasteiger partial charge in [0.25, 0.3) is 5.91 Å². The number of rotatable bonds is 8. The molecule has 11 heteroatoms. The van der Waals surface area contributed by atoms with Crippen molar-refractivity contribution >= 4 is 56.2 Å². The summed E-state index contributed by atoms with van der Waals surface area (Å²) in [7, 11) is 0.824. The van der Waals surface area contributed by atoms with Gasteiger partial charge in [0.2, 0.25) is 15.9 Å².